The molecule has 3 rings (SSSR count). The van der Waals surface area contributed by atoms with Crippen molar-refractivity contribution in [3.8, 4) is 6.07 Å². The first-order valence-corrected chi connectivity index (χ1v) is 6.60. The van der Waals surface area contributed by atoms with E-state index in [4.69, 9.17) is 14.7 Å². The molecule has 0 atom stereocenters. The highest BCUT2D eigenvalue weighted by molar-refractivity contribution is 5.39. The van der Waals surface area contributed by atoms with E-state index < -0.39 is 0 Å². The fourth-order valence-electron chi connectivity index (χ4n) is 3.11. The maximum absolute atomic E-state index is 9.15. The minimum Gasteiger partial charge on any atom is -0.348 e. The number of benzene rings is 1. The van der Waals surface area contributed by atoms with Gasteiger partial charge in [-0.05, 0) is 30.4 Å². The molecule has 18 heavy (non-hydrogen) atoms. The SMILES string of the molecule is N#Cc1ccccc1C1CCC2(CC1)OCCO2. The normalized spacial score (nSPS) is 23.1. The van der Waals surface area contributed by atoms with Gasteiger partial charge in [0.25, 0.3) is 0 Å². The molecule has 3 heteroatoms. The summed E-state index contributed by atoms with van der Waals surface area (Å²) in [5, 5.41) is 9.15. The van der Waals surface area contributed by atoms with Crippen LogP contribution in [0.2, 0.25) is 0 Å². The molecule has 2 aliphatic rings. The number of rotatable bonds is 1. The summed E-state index contributed by atoms with van der Waals surface area (Å²) < 4.78 is 11.5. The van der Waals surface area contributed by atoms with Crippen LogP contribution in [-0.2, 0) is 9.47 Å². The Labute approximate surface area is 107 Å². The van der Waals surface area contributed by atoms with Gasteiger partial charge in [0.1, 0.15) is 0 Å². The quantitative estimate of drug-likeness (QED) is 0.761. The average molecular weight is 243 g/mol. The maximum atomic E-state index is 9.15. The number of ether oxygens (including phenoxy) is 2. The molecule has 0 N–H and O–H groups in total. The maximum Gasteiger partial charge on any atom is 0.168 e. The molecule has 1 heterocycles. The first-order valence-electron chi connectivity index (χ1n) is 6.60. The number of hydrogen-bond acceptors (Lipinski definition) is 3. The lowest BCUT2D eigenvalue weighted by Crippen LogP contribution is -2.34. The summed E-state index contributed by atoms with van der Waals surface area (Å²) in [5.41, 5.74) is 2.00. The molecule has 0 aromatic heterocycles. The van der Waals surface area contributed by atoms with E-state index in [0.29, 0.717) is 5.92 Å². The molecular formula is C15H17NO2. The van der Waals surface area contributed by atoms with Crippen molar-refractivity contribution in [2.45, 2.75) is 37.4 Å². The summed E-state index contributed by atoms with van der Waals surface area (Å²) >= 11 is 0. The van der Waals surface area contributed by atoms with Crippen LogP contribution in [0.3, 0.4) is 0 Å². The monoisotopic (exact) mass is 243 g/mol. The highest BCUT2D eigenvalue weighted by Crippen LogP contribution is 2.42. The standard InChI is InChI=1S/C15H17NO2/c16-11-13-3-1-2-4-14(13)12-5-7-15(8-6-12)17-9-10-18-15/h1-4,12H,5-10H2. The Morgan fingerprint density at radius 1 is 1.11 bits per heavy atom. The van der Waals surface area contributed by atoms with Crippen LogP contribution in [0, 0.1) is 11.3 Å². The van der Waals surface area contributed by atoms with Gasteiger partial charge in [0.05, 0.1) is 24.8 Å². The van der Waals surface area contributed by atoms with Gasteiger partial charge in [-0.1, -0.05) is 18.2 Å². The predicted octanol–water partition coefficient (Wildman–Crippen LogP) is 2.96. The molecule has 1 spiro atoms. The molecule has 1 aromatic rings. The fraction of sp³-hybridized carbons (Fsp3) is 0.533. The van der Waals surface area contributed by atoms with Crippen molar-refractivity contribution in [2.75, 3.05) is 13.2 Å². The van der Waals surface area contributed by atoms with Crippen molar-refractivity contribution in [1.82, 2.24) is 0 Å². The lowest BCUT2D eigenvalue weighted by Gasteiger charge is -2.35. The van der Waals surface area contributed by atoms with Crippen LogP contribution in [0.25, 0.3) is 0 Å². The predicted molar refractivity (Wildman–Crippen MR) is 67.0 cm³/mol. The fourth-order valence-corrected chi connectivity index (χ4v) is 3.11. The van der Waals surface area contributed by atoms with E-state index >= 15 is 0 Å². The molecule has 1 saturated heterocycles. The molecule has 2 fully saturated rings. The third kappa shape index (κ3) is 2.03. The minimum atomic E-state index is -0.307. The summed E-state index contributed by atoms with van der Waals surface area (Å²) in [7, 11) is 0. The Balaban J connectivity index is 1.74. The third-order valence-corrected chi connectivity index (χ3v) is 4.08. The molecule has 0 radical (unpaired) electrons. The number of hydrogen-bond donors (Lipinski definition) is 0. The van der Waals surface area contributed by atoms with Crippen LogP contribution in [0.1, 0.15) is 42.7 Å². The van der Waals surface area contributed by atoms with Gasteiger partial charge in [0, 0.05) is 12.8 Å². The van der Waals surface area contributed by atoms with Gasteiger partial charge >= 0.3 is 0 Å². The summed E-state index contributed by atoms with van der Waals surface area (Å²) in [6.07, 6.45) is 3.96. The van der Waals surface area contributed by atoms with Crippen LogP contribution >= 0.6 is 0 Å². The number of nitriles is 1. The van der Waals surface area contributed by atoms with Crippen molar-refractivity contribution in [3.05, 3.63) is 35.4 Å². The third-order valence-electron chi connectivity index (χ3n) is 4.08. The van der Waals surface area contributed by atoms with Gasteiger partial charge < -0.3 is 9.47 Å². The van der Waals surface area contributed by atoms with Crippen molar-refractivity contribution < 1.29 is 9.47 Å². The second-order valence-electron chi connectivity index (χ2n) is 5.08. The number of nitrogens with zero attached hydrogens (tertiary/aromatic N) is 1. The van der Waals surface area contributed by atoms with E-state index in [1.165, 1.54) is 5.56 Å². The Kier molecular flexibility index (Phi) is 3.07. The average Bonchev–Trinajstić information content (AvgIpc) is 2.88. The Bertz CT molecular complexity index is 462. The van der Waals surface area contributed by atoms with Crippen LogP contribution in [0.15, 0.2) is 24.3 Å². The Hall–Kier alpha value is -1.37. The zero-order valence-corrected chi connectivity index (χ0v) is 10.4. The van der Waals surface area contributed by atoms with Crippen LogP contribution < -0.4 is 0 Å². The van der Waals surface area contributed by atoms with E-state index in [9.17, 15) is 0 Å². The highest BCUT2D eigenvalue weighted by Gasteiger charge is 2.40. The Morgan fingerprint density at radius 3 is 2.44 bits per heavy atom. The van der Waals surface area contributed by atoms with E-state index in [-0.39, 0.29) is 5.79 Å². The Morgan fingerprint density at radius 2 is 1.78 bits per heavy atom. The first kappa shape index (κ1) is 11.7. The first-order chi connectivity index (χ1) is 8.83. The largest absolute Gasteiger partial charge is 0.348 e. The molecule has 0 bridgehead atoms. The summed E-state index contributed by atoms with van der Waals surface area (Å²) in [5.74, 6) is 0.164. The van der Waals surface area contributed by atoms with Crippen LogP contribution in [0.4, 0.5) is 0 Å². The molecule has 3 nitrogen and oxygen atoms in total. The van der Waals surface area contributed by atoms with E-state index in [1.54, 1.807) is 0 Å². The molecule has 1 aliphatic heterocycles. The lowest BCUT2D eigenvalue weighted by molar-refractivity contribution is -0.178. The van der Waals surface area contributed by atoms with Gasteiger partial charge in [-0.3, -0.25) is 0 Å². The van der Waals surface area contributed by atoms with Crippen molar-refractivity contribution >= 4 is 0 Å². The molecule has 1 aliphatic carbocycles. The van der Waals surface area contributed by atoms with Gasteiger partial charge in [0.2, 0.25) is 0 Å². The molecule has 1 saturated carbocycles. The topological polar surface area (TPSA) is 42.2 Å². The molecular weight excluding hydrogens is 226 g/mol. The highest BCUT2D eigenvalue weighted by atomic mass is 16.7. The van der Waals surface area contributed by atoms with E-state index in [0.717, 1.165) is 44.5 Å². The van der Waals surface area contributed by atoms with Gasteiger partial charge in [-0.25, -0.2) is 0 Å². The van der Waals surface area contributed by atoms with Crippen molar-refractivity contribution in [2.24, 2.45) is 0 Å². The van der Waals surface area contributed by atoms with Gasteiger partial charge in [0.15, 0.2) is 5.79 Å². The summed E-state index contributed by atoms with van der Waals surface area (Å²) in [4.78, 5) is 0. The molecule has 0 unspecified atom stereocenters. The molecule has 1 aromatic carbocycles. The lowest BCUT2D eigenvalue weighted by atomic mass is 9.79. The zero-order valence-electron chi connectivity index (χ0n) is 10.4. The van der Waals surface area contributed by atoms with E-state index in [2.05, 4.69) is 12.1 Å². The smallest absolute Gasteiger partial charge is 0.168 e. The zero-order chi connectivity index (χ0) is 12.4. The van der Waals surface area contributed by atoms with Crippen molar-refractivity contribution in [1.29, 1.82) is 5.26 Å². The van der Waals surface area contributed by atoms with Crippen LogP contribution in [-0.4, -0.2) is 19.0 Å². The molecule has 94 valence electrons. The van der Waals surface area contributed by atoms with Crippen LogP contribution in [0.5, 0.6) is 0 Å². The summed E-state index contributed by atoms with van der Waals surface area (Å²) in [6.45, 7) is 1.44. The second-order valence-corrected chi connectivity index (χ2v) is 5.08. The van der Waals surface area contributed by atoms with Crippen molar-refractivity contribution in [3.63, 3.8) is 0 Å². The summed E-state index contributed by atoms with van der Waals surface area (Å²) in [6, 6.07) is 10.2. The van der Waals surface area contributed by atoms with Gasteiger partial charge in [-0.2, -0.15) is 5.26 Å². The minimum absolute atomic E-state index is 0.307. The molecule has 0 amide bonds. The second kappa shape index (κ2) is 4.72. The van der Waals surface area contributed by atoms with Gasteiger partial charge in [-0.15, -0.1) is 0 Å². The van der Waals surface area contributed by atoms with E-state index in [1.807, 2.05) is 18.2 Å².